The molecule has 0 bridgehead atoms. The molecule has 0 saturated heterocycles. The fourth-order valence-corrected chi connectivity index (χ4v) is 2.44. The Hall–Kier alpha value is -2.29. The third-order valence-electron chi connectivity index (χ3n) is 3.55. The molecule has 2 aromatic rings. The van der Waals surface area contributed by atoms with Gasteiger partial charge in [-0.3, -0.25) is 5.43 Å². The zero-order chi connectivity index (χ0) is 13.9. The van der Waals surface area contributed by atoms with Gasteiger partial charge < -0.3 is 4.90 Å². The minimum atomic E-state index is 0.311. The van der Waals surface area contributed by atoms with Crippen molar-refractivity contribution >= 4 is 11.9 Å². The van der Waals surface area contributed by atoms with Crippen molar-refractivity contribution in [2.75, 3.05) is 17.4 Å². The summed E-state index contributed by atoms with van der Waals surface area (Å²) in [5, 5.41) is 4.03. The van der Waals surface area contributed by atoms with Crippen molar-refractivity contribution in [2.24, 2.45) is 5.84 Å². The summed E-state index contributed by atoms with van der Waals surface area (Å²) >= 11 is 0. The monoisotopic (exact) mass is 275 g/mol. The number of hydrogen-bond donors (Lipinski definition) is 2. The number of hydrazine groups is 1. The molecule has 0 aliphatic heterocycles. The highest BCUT2D eigenvalue weighted by Crippen LogP contribution is 2.25. The van der Waals surface area contributed by atoms with E-state index in [1.54, 1.807) is 0 Å². The quantitative estimate of drug-likeness (QED) is 0.597. The van der Waals surface area contributed by atoms with E-state index in [1.165, 1.54) is 30.2 Å². The molecule has 3 N–H and O–H groups in total. The molecule has 0 amide bonds. The molecule has 9 nitrogen and oxygen atoms in total. The zero-order valence-corrected chi connectivity index (χ0v) is 11.3. The summed E-state index contributed by atoms with van der Waals surface area (Å²) in [6.07, 6.45) is 7.78. The Morgan fingerprint density at radius 2 is 2.10 bits per heavy atom. The van der Waals surface area contributed by atoms with Gasteiger partial charge in [0.15, 0.2) is 0 Å². The van der Waals surface area contributed by atoms with E-state index in [4.69, 9.17) is 5.84 Å². The number of rotatable bonds is 4. The van der Waals surface area contributed by atoms with Crippen LogP contribution in [0, 0.1) is 0 Å². The lowest BCUT2D eigenvalue weighted by Crippen LogP contribution is -2.31. The van der Waals surface area contributed by atoms with Crippen LogP contribution >= 0.6 is 0 Å². The van der Waals surface area contributed by atoms with Crippen molar-refractivity contribution in [2.45, 2.75) is 31.7 Å². The molecule has 0 spiro atoms. The summed E-state index contributed by atoms with van der Waals surface area (Å²) in [5.74, 6) is 6.72. The summed E-state index contributed by atoms with van der Waals surface area (Å²) in [5.41, 5.74) is 2.46. The van der Waals surface area contributed by atoms with E-state index >= 15 is 0 Å². The molecule has 9 heteroatoms. The van der Waals surface area contributed by atoms with Gasteiger partial charge in [0.05, 0.1) is 0 Å². The molecule has 20 heavy (non-hydrogen) atoms. The number of nitrogens with zero attached hydrogens (tertiary/aromatic N) is 7. The van der Waals surface area contributed by atoms with E-state index in [0.717, 1.165) is 12.8 Å². The summed E-state index contributed by atoms with van der Waals surface area (Å²) in [6, 6.07) is 0.464. The van der Waals surface area contributed by atoms with Crippen LogP contribution in [-0.2, 0) is 0 Å². The number of nitrogen functional groups attached to an aromatic ring is 1. The van der Waals surface area contributed by atoms with Crippen molar-refractivity contribution in [1.29, 1.82) is 0 Å². The molecule has 1 fully saturated rings. The lowest BCUT2D eigenvalue weighted by Gasteiger charge is -2.24. The van der Waals surface area contributed by atoms with Crippen LogP contribution in [0.5, 0.6) is 0 Å². The standard InChI is InChI=1S/C11H17N9/c1-19(8-4-2-3-5-8)10-15-9(18-12)16-11(17-10)20-7-13-6-14-20/h6-8H,2-5,12H2,1H3,(H,15,16,17,18). The normalized spacial score (nSPS) is 15.5. The van der Waals surface area contributed by atoms with Gasteiger partial charge in [0.2, 0.25) is 11.9 Å². The SMILES string of the molecule is CN(c1nc(NN)nc(-n2cncn2)n1)C1CCCC1. The highest BCUT2D eigenvalue weighted by Gasteiger charge is 2.22. The van der Waals surface area contributed by atoms with E-state index in [1.807, 2.05) is 7.05 Å². The van der Waals surface area contributed by atoms with Gasteiger partial charge in [-0.1, -0.05) is 12.8 Å². The van der Waals surface area contributed by atoms with Crippen molar-refractivity contribution < 1.29 is 0 Å². The first-order chi connectivity index (χ1) is 9.78. The second kappa shape index (κ2) is 5.37. The highest BCUT2D eigenvalue weighted by molar-refractivity contribution is 5.39. The summed E-state index contributed by atoms with van der Waals surface area (Å²) in [6.45, 7) is 0. The molecule has 0 unspecified atom stereocenters. The third-order valence-corrected chi connectivity index (χ3v) is 3.55. The molecule has 1 aliphatic carbocycles. The number of nitrogens with two attached hydrogens (primary N) is 1. The van der Waals surface area contributed by atoms with Gasteiger partial charge in [-0.25, -0.2) is 10.8 Å². The van der Waals surface area contributed by atoms with Crippen LogP contribution in [0.4, 0.5) is 11.9 Å². The molecule has 0 aromatic carbocycles. The van der Waals surface area contributed by atoms with E-state index in [0.29, 0.717) is 23.9 Å². The average Bonchev–Trinajstić information content (AvgIpc) is 3.18. The molecule has 2 aromatic heterocycles. The van der Waals surface area contributed by atoms with Crippen molar-refractivity contribution in [3.8, 4) is 5.95 Å². The van der Waals surface area contributed by atoms with E-state index in [2.05, 4.69) is 35.4 Å². The van der Waals surface area contributed by atoms with Gasteiger partial charge in [0, 0.05) is 13.1 Å². The summed E-state index contributed by atoms with van der Waals surface area (Å²) in [4.78, 5) is 18.9. The maximum absolute atomic E-state index is 5.43. The largest absolute Gasteiger partial charge is 0.341 e. The average molecular weight is 275 g/mol. The van der Waals surface area contributed by atoms with Crippen molar-refractivity contribution in [3.63, 3.8) is 0 Å². The Kier molecular flexibility index (Phi) is 3.42. The van der Waals surface area contributed by atoms with Crippen LogP contribution in [0.25, 0.3) is 5.95 Å². The smallest absolute Gasteiger partial charge is 0.258 e. The number of anilines is 2. The Labute approximate surface area is 116 Å². The van der Waals surface area contributed by atoms with E-state index in [9.17, 15) is 0 Å². The fourth-order valence-electron chi connectivity index (χ4n) is 2.44. The minimum absolute atomic E-state index is 0.311. The fraction of sp³-hybridized carbons (Fsp3) is 0.545. The first-order valence-corrected chi connectivity index (χ1v) is 6.58. The van der Waals surface area contributed by atoms with Crippen LogP contribution < -0.4 is 16.2 Å². The second-order valence-electron chi connectivity index (χ2n) is 4.79. The number of aromatic nitrogens is 6. The van der Waals surface area contributed by atoms with Gasteiger partial charge in [0.1, 0.15) is 12.7 Å². The molecular formula is C11H17N9. The number of nitrogens with one attached hydrogen (secondary N) is 1. The number of hydrogen-bond acceptors (Lipinski definition) is 8. The van der Waals surface area contributed by atoms with Crippen LogP contribution in [0.3, 0.4) is 0 Å². The maximum atomic E-state index is 5.43. The van der Waals surface area contributed by atoms with Gasteiger partial charge in [0.25, 0.3) is 5.95 Å². The Morgan fingerprint density at radius 3 is 2.75 bits per heavy atom. The van der Waals surface area contributed by atoms with Crippen molar-refractivity contribution in [3.05, 3.63) is 12.7 Å². The molecule has 0 atom stereocenters. The zero-order valence-electron chi connectivity index (χ0n) is 11.3. The van der Waals surface area contributed by atoms with E-state index < -0.39 is 0 Å². The first-order valence-electron chi connectivity index (χ1n) is 6.58. The van der Waals surface area contributed by atoms with Crippen molar-refractivity contribution in [1.82, 2.24) is 29.7 Å². The van der Waals surface area contributed by atoms with Crippen LogP contribution in [0.2, 0.25) is 0 Å². The lowest BCUT2D eigenvalue weighted by molar-refractivity contribution is 0.633. The summed E-state index contributed by atoms with van der Waals surface area (Å²) < 4.78 is 1.48. The minimum Gasteiger partial charge on any atom is -0.341 e. The molecule has 1 aliphatic rings. The predicted molar refractivity (Wildman–Crippen MR) is 73.2 cm³/mol. The Morgan fingerprint density at radius 1 is 1.30 bits per heavy atom. The van der Waals surface area contributed by atoms with Gasteiger partial charge >= 0.3 is 0 Å². The maximum Gasteiger partial charge on any atom is 0.258 e. The molecule has 2 heterocycles. The second-order valence-corrected chi connectivity index (χ2v) is 4.79. The van der Waals surface area contributed by atoms with Gasteiger partial charge in [-0.2, -0.15) is 24.7 Å². The van der Waals surface area contributed by atoms with Gasteiger partial charge in [-0.05, 0) is 12.8 Å². The molecule has 1 saturated carbocycles. The molecule has 106 valence electrons. The summed E-state index contributed by atoms with van der Waals surface area (Å²) in [7, 11) is 2.00. The van der Waals surface area contributed by atoms with Gasteiger partial charge in [-0.15, -0.1) is 0 Å². The predicted octanol–water partition coefficient (Wildman–Crippen LogP) is 0.117. The van der Waals surface area contributed by atoms with Crippen LogP contribution in [-0.4, -0.2) is 42.8 Å². The van der Waals surface area contributed by atoms with Crippen LogP contribution in [0.1, 0.15) is 25.7 Å². The molecular weight excluding hydrogens is 258 g/mol. The molecule has 3 rings (SSSR count). The first kappa shape index (κ1) is 12.7. The lowest BCUT2D eigenvalue weighted by atomic mass is 10.2. The van der Waals surface area contributed by atoms with Crippen LogP contribution in [0.15, 0.2) is 12.7 Å². The Bertz CT molecular complexity index is 561. The highest BCUT2D eigenvalue weighted by atomic mass is 15.4. The third kappa shape index (κ3) is 2.39. The molecule has 0 radical (unpaired) electrons. The van der Waals surface area contributed by atoms with E-state index in [-0.39, 0.29) is 0 Å². The topological polar surface area (TPSA) is 111 Å². The Balaban J connectivity index is 1.95.